The Kier molecular flexibility index (Phi) is 4.60. The van der Waals surface area contributed by atoms with Crippen LogP contribution in [0.2, 0.25) is 0 Å². The summed E-state index contributed by atoms with van der Waals surface area (Å²) in [4.78, 5) is 0. The molecule has 0 nitrogen and oxygen atoms in total. The summed E-state index contributed by atoms with van der Waals surface area (Å²) in [5.74, 6) is 0. The molecule has 0 atom stereocenters. The predicted molar refractivity (Wildman–Crippen MR) is 94.3 cm³/mol. The van der Waals surface area contributed by atoms with Crippen LogP contribution in [0.25, 0.3) is 11.1 Å². The number of rotatable bonds is 1. The first-order valence-corrected chi connectivity index (χ1v) is 8.13. The molecule has 2 aromatic carbocycles. The Bertz CT molecular complexity index is 709. The number of hydrogen-bond donors (Lipinski definition) is 0. The summed E-state index contributed by atoms with van der Waals surface area (Å²) in [7, 11) is 0. The van der Waals surface area contributed by atoms with Crippen LogP contribution in [-0.2, 0) is 17.0 Å². The molecule has 2 rings (SSSR count). The Morgan fingerprint density at radius 1 is 0.625 bits per heavy atom. The van der Waals surface area contributed by atoms with Gasteiger partial charge in [0.05, 0.1) is 5.56 Å². The van der Waals surface area contributed by atoms with E-state index in [0.717, 1.165) is 28.8 Å². The molecule has 2 aromatic rings. The van der Waals surface area contributed by atoms with Gasteiger partial charge in [0.25, 0.3) is 0 Å². The van der Waals surface area contributed by atoms with Crippen molar-refractivity contribution in [2.75, 3.05) is 0 Å². The highest BCUT2D eigenvalue weighted by Gasteiger charge is 2.30. The van der Waals surface area contributed by atoms with E-state index in [1.54, 1.807) is 12.1 Å². The van der Waals surface area contributed by atoms with E-state index in [9.17, 15) is 13.2 Å². The fraction of sp³-hybridized carbons (Fsp3) is 0.429. The second-order valence-corrected chi connectivity index (χ2v) is 8.34. The molecule has 130 valence electrons. The molecular weight excluding hydrogens is 309 g/mol. The van der Waals surface area contributed by atoms with Gasteiger partial charge < -0.3 is 0 Å². The summed E-state index contributed by atoms with van der Waals surface area (Å²) >= 11 is 0. The van der Waals surface area contributed by atoms with Crippen molar-refractivity contribution in [1.29, 1.82) is 0 Å². The van der Waals surface area contributed by atoms with Crippen LogP contribution in [0.1, 0.15) is 58.2 Å². The molecule has 0 spiro atoms. The smallest absolute Gasteiger partial charge is 0.166 e. The standard InChI is InChI=1S/C21H25F3/c1-19(2,3)16-11-12-17(18(13-16)20(4,5)6)14-7-9-15(10-8-14)21(22,23)24/h7-13H,1-6H3. The highest BCUT2D eigenvalue weighted by molar-refractivity contribution is 5.70. The van der Waals surface area contributed by atoms with Crippen molar-refractivity contribution in [2.24, 2.45) is 0 Å². The zero-order chi connectivity index (χ0) is 18.3. The van der Waals surface area contributed by atoms with Crippen molar-refractivity contribution in [3.05, 3.63) is 59.2 Å². The van der Waals surface area contributed by atoms with Gasteiger partial charge in [-0.25, -0.2) is 0 Å². The molecule has 0 unspecified atom stereocenters. The van der Waals surface area contributed by atoms with E-state index >= 15 is 0 Å². The largest absolute Gasteiger partial charge is 0.416 e. The van der Waals surface area contributed by atoms with Gasteiger partial charge in [0, 0.05) is 0 Å². The van der Waals surface area contributed by atoms with Crippen molar-refractivity contribution >= 4 is 0 Å². The first-order chi connectivity index (χ1) is 10.8. The molecule has 0 aliphatic carbocycles. The molecule has 0 bridgehead atoms. The third-order valence-corrected chi connectivity index (χ3v) is 4.22. The lowest BCUT2D eigenvalue weighted by molar-refractivity contribution is -0.137. The van der Waals surface area contributed by atoms with Crippen LogP contribution in [0.15, 0.2) is 42.5 Å². The van der Waals surface area contributed by atoms with Gasteiger partial charge in [0.1, 0.15) is 0 Å². The minimum Gasteiger partial charge on any atom is -0.166 e. The lowest BCUT2D eigenvalue weighted by atomic mass is 9.77. The molecule has 24 heavy (non-hydrogen) atoms. The van der Waals surface area contributed by atoms with E-state index < -0.39 is 11.7 Å². The highest BCUT2D eigenvalue weighted by atomic mass is 19.4. The molecule has 0 saturated heterocycles. The minimum absolute atomic E-state index is 0.0265. The molecule has 0 amide bonds. The fourth-order valence-electron chi connectivity index (χ4n) is 2.72. The number of benzene rings is 2. The average molecular weight is 334 g/mol. The van der Waals surface area contributed by atoms with Crippen molar-refractivity contribution in [3.63, 3.8) is 0 Å². The van der Waals surface area contributed by atoms with Crippen LogP contribution in [0, 0.1) is 0 Å². The maximum absolute atomic E-state index is 12.8. The van der Waals surface area contributed by atoms with Crippen molar-refractivity contribution in [3.8, 4) is 11.1 Å². The van der Waals surface area contributed by atoms with Gasteiger partial charge in [0.2, 0.25) is 0 Å². The Labute approximate surface area is 142 Å². The lowest BCUT2D eigenvalue weighted by Crippen LogP contribution is -2.17. The maximum atomic E-state index is 12.8. The Hall–Kier alpha value is -1.77. The van der Waals surface area contributed by atoms with Crippen LogP contribution in [0.4, 0.5) is 13.2 Å². The van der Waals surface area contributed by atoms with Gasteiger partial charge in [-0.15, -0.1) is 0 Å². The van der Waals surface area contributed by atoms with Crippen LogP contribution in [0.5, 0.6) is 0 Å². The third-order valence-electron chi connectivity index (χ3n) is 4.22. The van der Waals surface area contributed by atoms with E-state index in [-0.39, 0.29) is 10.8 Å². The molecule has 0 aliphatic rings. The van der Waals surface area contributed by atoms with E-state index in [4.69, 9.17) is 0 Å². The Balaban J connectivity index is 2.58. The summed E-state index contributed by atoms with van der Waals surface area (Å²) in [5.41, 5.74) is 3.49. The van der Waals surface area contributed by atoms with Gasteiger partial charge in [-0.3, -0.25) is 0 Å². The van der Waals surface area contributed by atoms with E-state index in [1.807, 2.05) is 6.07 Å². The molecule has 0 heterocycles. The molecule has 0 aromatic heterocycles. The highest BCUT2D eigenvalue weighted by Crippen LogP contribution is 2.37. The van der Waals surface area contributed by atoms with Crippen LogP contribution in [-0.4, -0.2) is 0 Å². The van der Waals surface area contributed by atoms with E-state index in [2.05, 4.69) is 53.7 Å². The van der Waals surface area contributed by atoms with E-state index in [0.29, 0.717) is 0 Å². The second-order valence-electron chi connectivity index (χ2n) is 8.34. The van der Waals surface area contributed by atoms with Gasteiger partial charge in [-0.05, 0) is 45.2 Å². The molecule has 0 radical (unpaired) electrons. The van der Waals surface area contributed by atoms with Gasteiger partial charge >= 0.3 is 6.18 Å². The van der Waals surface area contributed by atoms with Gasteiger partial charge in [-0.2, -0.15) is 13.2 Å². The normalized spacial score (nSPS) is 13.2. The number of alkyl halides is 3. The van der Waals surface area contributed by atoms with Crippen molar-refractivity contribution in [1.82, 2.24) is 0 Å². The summed E-state index contributed by atoms with van der Waals surface area (Å²) in [6.07, 6.45) is -4.30. The summed E-state index contributed by atoms with van der Waals surface area (Å²) in [5, 5.41) is 0. The summed E-state index contributed by atoms with van der Waals surface area (Å²) in [6.45, 7) is 12.9. The molecule has 0 N–H and O–H groups in total. The lowest BCUT2D eigenvalue weighted by Gasteiger charge is -2.27. The minimum atomic E-state index is -4.30. The SMILES string of the molecule is CC(C)(C)c1ccc(-c2ccc(C(F)(F)F)cc2)c(C(C)(C)C)c1. The first-order valence-electron chi connectivity index (χ1n) is 8.13. The molecule has 0 fully saturated rings. The second kappa shape index (κ2) is 5.94. The molecule has 3 heteroatoms. The first kappa shape index (κ1) is 18.6. The van der Waals surface area contributed by atoms with Gasteiger partial charge in [0.15, 0.2) is 0 Å². The quantitative estimate of drug-likeness (QED) is 0.528. The fourth-order valence-corrected chi connectivity index (χ4v) is 2.72. The molecule has 0 aliphatic heterocycles. The monoisotopic (exact) mass is 334 g/mol. The number of hydrogen-bond acceptors (Lipinski definition) is 0. The summed E-state index contributed by atoms with van der Waals surface area (Å²) in [6, 6.07) is 11.7. The Morgan fingerprint density at radius 3 is 1.54 bits per heavy atom. The van der Waals surface area contributed by atoms with E-state index in [1.165, 1.54) is 5.56 Å². The van der Waals surface area contributed by atoms with Crippen molar-refractivity contribution in [2.45, 2.75) is 58.5 Å². The molecule has 0 saturated carbocycles. The van der Waals surface area contributed by atoms with Crippen LogP contribution >= 0.6 is 0 Å². The topological polar surface area (TPSA) is 0 Å². The summed E-state index contributed by atoms with van der Waals surface area (Å²) < 4.78 is 38.3. The number of halogens is 3. The maximum Gasteiger partial charge on any atom is 0.416 e. The Morgan fingerprint density at radius 2 is 1.12 bits per heavy atom. The zero-order valence-corrected chi connectivity index (χ0v) is 15.2. The van der Waals surface area contributed by atoms with Gasteiger partial charge in [-0.1, -0.05) is 71.9 Å². The third kappa shape index (κ3) is 4.00. The average Bonchev–Trinajstić information content (AvgIpc) is 2.44. The van der Waals surface area contributed by atoms with Crippen LogP contribution < -0.4 is 0 Å². The zero-order valence-electron chi connectivity index (χ0n) is 15.2. The predicted octanol–water partition coefficient (Wildman–Crippen LogP) is 6.97. The van der Waals surface area contributed by atoms with Crippen molar-refractivity contribution < 1.29 is 13.2 Å². The molecular formula is C21H25F3. The van der Waals surface area contributed by atoms with Crippen LogP contribution in [0.3, 0.4) is 0 Å².